The van der Waals surface area contributed by atoms with E-state index in [1.165, 1.54) is 0 Å². The number of nitrogens with two attached hydrogens (primary N) is 1. The van der Waals surface area contributed by atoms with Gasteiger partial charge < -0.3 is 5.73 Å². The molecule has 1 aliphatic heterocycles. The van der Waals surface area contributed by atoms with Crippen LogP contribution in [0.4, 0.5) is 0 Å². The van der Waals surface area contributed by atoms with Crippen LogP contribution in [0.2, 0.25) is 0 Å². The Labute approximate surface area is 122 Å². The Morgan fingerprint density at radius 1 is 1.14 bits per heavy atom. The van der Waals surface area contributed by atoms with Crippen molar-refractivity contribution in [3.8, 4) is 12.1 Å². The van der Waals surface area contributed by atoms with Crippen LogP contribution in [-0.2, 0) is 14.4 Å². The molecule has 7 heteroatoms. The van der Waals surface area contributed by atoms with Crippen molar-refractivity contribution >= 4 is 17.7 Å². The molecule has 7 nitrogen and oxygen atoms in total. The van der Waals surface area contributed by atoms with E-state index in [9.17, 15) is 24.9 Å². The molecule has 2 aliphatic rings. The predicted octanol–water partition coefficient (Wildman–Crippen LogP) is 0.0706. The zero-order chi connectivity index (χ0) is 15.6. The Balaban J connectivity index is 2.47. The maximum absolute atomic E-state index is 12.4. The topological polar surface area (TPSA) is 128 Å². The van der Waals surface area contributed by atoms with E-state index in [0.717, 1.165) is 19.3 Å². The van der Waals surface area contributed by atoms with E-state index >= 15 is 0 Å². The summed E-state index contributed by atoms with van der Waals surface area (Å²) in [5.74, 6) is -4.38. The average Bonchev–Trinajstić information content (AvgIpc) is 2.45. The second-order valence-corrected chi connectivity index (χ2v) is 5.65. The van der Waals surface area contributed by atoms with Gasteiger partial charge in [-0.25, -0.2) is 0 Å². The number of primary amides is 1. The Kier molecular flexibility index (Phi) is 3.95. The number of imide groups is 1. The normalized spacial score (nSPS) is 28.0. The number of hydrogen-bond donors (Lipinski definition) is 1. The van der Waals surface area contributed by atoms with E-state index < -0.39 is 41.5 Å². The van der Waals surface area contributed by atoms with Gasteiger partial charge in [0.2, 0.25) is 17.7 Å². The summed E-state index contributed by atoms with van der Waals surface area (Å²) in [6.07, 6.45) is 3.54. The largest absolute Gasteiger partial charge is 0.368 e. The van der Waals surface area contributed by atoms with E-state index in [4.69, 9.17) is 5.73 Å². The molecule has 1 spiro atoms. The standard InChI is InChI=1S/C14H16N4O3/c15-6-9-12(20)18(8-11(17)19)13(21)10(7-16)14(9)4-2-1-3-5-14/h9-10H,1-5,8H2,(H2,17,19). The molecular weight excluding hydrogens is 272 g/mol. The van der Waals surface area contributed by atoms with Crippen LogP contribution < -0.4 is 5.73 Å². The van der Waals surface area contributed by atoms with Crippen LogP contribution in [0.5, 0.6) is 0 Å². The highest BCUT2D eigenvalue weighted by Gasteiger charge is 2.59. The number of nitrogens with zero attached hydrogens (tertiary/aromatic N) is 3. The summed E-state index contributed by atoms with van der Waals surface area (Å²) in [6.45, 7) is -0.579. The number of rotatable bonds is 2. The molecule has 2 fully saturated rings. The molecule has 110 valence electrons. The zero-order valence-corrected chi connectivity index (χ0v) is 11.5. The van der Waals surface area contributed by atoms with Crippen LogP contribution in [-0.4, -0.2) is 29.2 Å². The van der Waals surface area contributed by atoms with E-state index in [0.29, 0.717) is 17.7 Å². The van der Waals surface area contributed by atoms with Crippen LogP contribution >= 0.6 is 0 Å². The van der Waals surface area contributed by atoms with Crippen molar-refractivity contribution in [2.75, 3.05) is 6.54 Å². The lowest BCUT2D eigenvalue weighted by Gasteiger charge is -2.47. The molecular formula is C14H16N4O3. The maximum atomic E-state index is 12.4. The number of nitriles is 2. The van der Waals surface area contributed by atoms with Gasteiger partial charge in [0.05, 0.1) is 12.1 Å². The number of amides is 3. The minimum Gasteiger partial charge on any atom is -0.368 e. The van der Waals surface area contributed by atoms with Gasteiger partial charge in [-0.05, 0) is 12.8 Å². The molecule has 1 aliphatic carbocycles. The van der Waals surface area contributed by atoms with Gasteiger partial charge in [-0.3, -0.25) is 19.3 Å². The molecule has 1 heterocycles. The molecule has 0 radical (unpaired) electrons. The van der Waals surface area contributed by atoms with Gasteiger partial charge >= 0.3 is 0 Å². The summed E-state index contributed by atoms with van der Waals surface area (Å²) in [4.78, 5) is 36.5. The number of likely N-dealkylation sites (tertiary alicyclic amines) is 1. The maximum Gasteiger partial charge on any atom is 0.247 e. The number of piperidine rings is 1. The Hall–Kier alpha value is -2.41. The quantitative estimate of drug-likeness (QED) is 0.719. The molecule has 0 aromatic carbocycles. The molecule has 21 heavy (non-hydrogen) atoms. The van der Waals surface area contributed by atoms with E-state index in [1.807, 2.05) is 12.1 Å². The van der Waals surface area contributed by atoms with Crippen LogP contribution in [0.15, 0.2) is 0 Å². The second kappa shape index (κ2) is 5.53. The van der Waals surface area contributed by atoms with Crippen LogP contribution in [0.1, 0.15) is 32.1 Å². The van der Waals surface area contributed by atoms with Crippen molar-refractivity contribution in [3.63, 3.8) is 0 Å². The predicted molar refractivity (Wildman–Crippen MR) is 69.6 cm³/mol. The first kappa shape index (κ1) is 15.0. The monoisotopic (exact) mass is 288 g/mol. The fraction of sp³-hybridized carbons (Fsp3) is 0.643. The molecule has 0 bridgehead atoms. The van der Waals surface area contributed by atoms with Gasteiger partial charge in [-0.15, -0.1) is 0 Å². The highest BCUT2D eigenvalue weighted by atomic mass is 16.2. The highest BCUT2D eigenvalue weighted by molar-refractivity contribution is 6.05. The molecule has 1 saturated heterocycles. The minimum absolute atomic E-state index is 0.505. The first-order valence-electron chi connectivity index (χ1n) is 6.90. The molecule has 2 rings (SSSR count). The molecule has 0 aromatic heterocycles. The molecule has 2 atom stereocenters. The van der Waals surface area contributed by atoms with E-state index in [1.54, 1.807) is 0 Å². The summed E-state index contributed by atoms with van der Waals surface area (Å²) in [5, 5.41) is 18.8. The Bertz CT molecular complexity index is 530. The number of carbonyl (C=O) groups excluding carboxylic acids is 3. The zero-order valence-electron chi connectivity index (χ0n) is 11.5. The van der Waals surface area contributed by atoms with Crippen LogP contribution in [0.25, 0.3) is 0 Å². The van der Waals surface area contributed by atoms with Crippen molar-refractivity contribution in [1.29, 1.82) is 10.5 Å². The molecule has 2 N–H and O–H groups in total. The SMILES string of the molecule is N#CC1C(=O)N(CC(N)=O)C(=O)C(C#N)C12CCCCC2. The number of hydrogen-bond acceptors (Lipinski definition) is 5. The smallest absolute Gasteiger partial charge is 0.247 e. The van der Waals surface area contributed by atoms with E-state index in [2.05, 4.69) is 0 Å². The second-order valence-electron chi connectivity index (χ2n) is 5.65. The van der Waals surface area contributed by atoms with Gasteiger partial charge in [0.1, 0.15) is 18.4 Å². The molecule has 1 saturated carbocycles. The summed E-state index contributed by atoms with van der Waals surface area (Å²) < 4.78 is 0. The van der Waals surface area contributed by atoms with Gasteiger partial charge in [0.25, 0.3) is 0 Å². The van der Waals surface area contributed by atoms with Crippen molar-refractivity contribution in [1.82, 2.24) is 4.90 Å². The van der Waals surface area contributed by atoms with Crippen molar-refractivity contribution in [2.45, 2.75) is 32.1 Å². The van der Waals surface area contributed by atoms with Gasteiger partial charge in [0.15, 0.2) is 0 Å². The molecule has 0 aromatic rings. The fourth-order valence-electron chi connectivity index (χ4n) is 3.55. The lowest BCUT2D eigenvalue weighted by molar-refractivity contribution is -0.164. The minimum atomic E-state index is -1.07. The Morgan fingerprint density at radius 3 is 2.00 bits per heavy atom. The third kappa shape index (κ3) is 2.25. The highest BCUT2D eigenvalue weighted by Crippen LogP contribution is 2.51. The molecule has 3 amide bonds. The van der Waals surface area contributed by atoms with Crippen LogP contribution in [0.3, 0.4) is 0 Å². The lowest BCUT2D eigenvalue weighted by atomic mass is 9.57. The summed E-state index contributed by atoms with van der Waals surface area (Å²) in [7, 11) is 0. The molecule has 2 unspecified atom stereocenters. The van der Waals surface area contributed by atoms with Gasteiger partial charge in [-0.2, -0.15) is 10.5 Å². The summed E-state index contributed by atoms with van der Waals surface area (Å²) in [5.41, 5.74) is 4.13. The lowest BCUT2D eigenvalue weighted by Crippen LogP contribution is -2.61. The first-order valence-corrected chi connectivity index (χ1v) is 6.90. The van der Waals surface area contributed by atoms with Crippen molar-refractivity contribution in [3.05, 3.63) is 0 Å². The Morgan fingerprint density at radius 2 is 1.62 bits per heavy atom. The van der Waals surface area contributed by atoms with Crippen molar-refractivity contribution < 1.29 is 14.4 Å². The van der Waals surface area contributed by atoms with Gasteiger partial charge in [-0.1, -0.05) is 19.3 Å². The third-order valence-corrected chi connectivity index (χ3v) is 4.53. The average molecular weight is 288 g/mol. The van der Waals surface area contributed by atoms with Crippen LogP contribution in [0, 0.1) is 39.9 Å². The van der Waals surface area contributed by atoms with E-state index in [-0.39, 0.29) is 0 Å². The summed E-state index contributed by atoms with van der Waals surface area (Å²) in [6, 6.07) is 3.91. The third-order valence-electron chi connectivity index (χ3n) is 4.53. The van der Waals surface area contributed by atoms with Crippen molar-refractivity contribution in [2.24, 2.45) is 23.0 Å². The first-order chi connectivity index (χ1) is 9.97. The summed E-state index contributed by atoms with van der Waals surface area (Å²) >= 11 is 0. The number of carbonyl (C=O) groups is 3. The van der Waals surface area contributed by atoms with Gasteiger partial charge in [0, 0.05) is 5.41 Å². The fourth-order valence-corrected chi connectivity index (χ4v) is 3.55.